The van der Waals surface area contributed by atoms with Crippen molar-refractivity contribution in [3.05, 3.63) is 97.3 Å². The van der Waals surface area contributed by atoms with Crippen LogP contribution in [0.5, 0.6) is 0 Å². The van der Waals surface area contributed by atoms with Gasteiger partial charge in [-0.1, -0.05) is 68.3 Å². The lowest BCUT2D eigenvalue weighted by molar-refractivity contribution is 0.407. The number of likely N-dealkylation sites (N-methyl/N-ethyl adjacent to an activating group) is 1. The topological polar surface area (TPSA) is 3.24 Å². The van der Waals surface area contributed by atoms with Crippen molar-refractivity contribution < 1.29 is 0 Å². The summed E-state index contributed by atoms with van der Waals surface area (Å²) in [6, 6.07) is 0. The molecule has 0 aliphatic rings. The second-order valence-electron chi connectivity index (χ2n) is 4.62. The van der Waals surface area contributed by atoms with Gasteiger partial charge >= 0.3 is 0 Å². The lowest BCUT2D eigenvalue weighted by Gasteiger charge is -2.25. The van der Waals surface area contributed by atoms with E-state index in [2.05, 4.69) is 49.8 Å². The molecule has 1 nitrogen and oxygen atoms in total. The molecule has 0 aliphatic carbocycles. The van der Waals surface area contributed by atoms with Gasteiger partial charge in [-0.3, -0.25) is 0 Å². The molecule has 1 heteroatoms. The first kappa shape index (κ1) is 19.7. The van der Waals surface area contributed by atoms with Gasteiger partial charge in [0.05, 0.1) is 0 Å². The monoisotopic (exact) mass is 295 g/mol. The SMILES string of the molecule is C=C\C=C/C(C=C)=C(/C=C\C)CN(CC)/C(C=C)=C/C=C\C. The van der Waals surface area contributed by atoms with Crippen LogP contribution in [0.1, 0.15) is 20.8 Å². The van der Waals surface area contributed by atoms with E-state index in [0.717, 1.165) is 24.4 Å². The molecule has 0 atom stereocenters. The Hall–Kier alpha value is -2.28. The average molecular weight is 295 g/mol. The first-order chi connectivity index (χ1) is 10.7. The van der Waals surface area contributed by atoms with E-state index in [9.17, 15) is 0 Å². The van der Waals surface area contributed by atoms with E-state index in [1.807, 2.05) is 50.3 Å². The average Bonchev–Trinajstić information content (AvgIpc) is 2.54. The molecule has 0 unspecified atom stereocenters. The van der Waals surface area contributed by atoms with Crippen LogP contribution in [-0.2, 0) is 0 Å². The summed E-state index contributed by atoms with van der Waals surface area (Å²) in [5.41, 5.74) is 3.43. The highest BCUT2D eigenvalue weighted by atomic mass is 15.1. The van der Waals surface area contributed by atoms with Crippen molar-refractivity contribution in [2.45, 2.75) is 20.8 Å². The molecule has 0 saturated carbocycles. The smallest absolute Gasteiger partial charge is 0.0435 e. The van der Waals surface area contributed by atoms with E-state index in [1.165, 1.54) is 5.57 Å². The van der Waals surface area contributed by atoms with Crippen molar-refractivity contribution in [1.82, 2.24) is 4.90 Å². The molecule has 0 spiro atoms. The van der Waals surface area contributed by atoms with Crippen LogP contribution in [0, 0.1) is 0 Å². The van der Waals surface area contributed by atoms with E-state index < -0.39 is 0 Å². The van der Waals surface area contributed by atoms with Crippen LogP contribution >= 0.6 is 0 Å². The van der Waals surface area contributed by atoms with Crippen LogP contribution in [0.15, 0.2) is 97.3 Å². The summed E-state index contributed by atoms with van der Waals surface area (Å²) in [6.07, 6.45) is 19.8. The van der Waals surface area contributed by atoms with Gasteiger partial charge in [-0.15, -0.1) is 0 Å². The molecule has 0 bridgehead atoms. The van der Waals surface area contributed by atoms with Crippen LogP contribution in [0.25, 0.3) is 0 Å². The number of hydrogen-bond acceptors (Lipinski definition) is 1. The van der Waals surface area contributed by atoms with Crippen molar-refractivity contribution in [1.29, 1.82) is 0 Å². The van der Waals surface area contributed by atoms with Crippen molar-refractivity contribution in [3.8, 4) is 0 Å². The Kier molecular flexibility index (Phi) is 11.2. The fraction of sp³-hybridized carbons (Fsp3) is 0.238. The Morgan fingerprint density at radius 2 is 1.68 bits per heavy atom. The van der Waals surface area contributed by atoms with E-state index in [1.54, 1.807) is 6.08 Å². The number of rotatable bonds is 10. The third-order valence-corrected chi connectivity index (χ3v) is 3.15. The summed E-state index contributed by atoms with van der Waals surface area (Å²) in [7, 11) is 0. The molecule has 0 radical (unpaired) electrons. The summed E-state index contributed by atoms with van der Waals surface area (Å²) in [5.74, 6) is 0. The van der Waals surface area contributed by atoms with E-state index in [0.29, 0.717) is 0 Å². The van der Waals surface area contributed by atoms with E-state index >= 15 is 0 Å². The van der Waals surface area contributed by atoms with Gasteiger partial charge in [0.2, 0.25) is 0 Å². The van der Waals surface area contributed by atoms with Gasteiger partial charge in [-0.05, 0) is 44.1 Å². The molecule has 0 aromatic rings. The molecule has 22 heavy (non-hydrogen) atoms. The second kappa shape index (κ2) is 12.5. The normalized spacial score (nSPS) is 13.7. The molecule has 0 aromatic heterocycles. The predicted molar refractivity (Wildman–Crippen MR) is 102 cm³/mol. The van der Waals surface area contributed by atoms with Gasteiger partial charge in [0.1, 0.15) is 0 Å². The summed E-state index contributed by atoms with van der Waals surface area (Å²) >= 11 is 0. The molecule has 0 aromatic carbocycles. The third-order valence-electron chi connectivity index (χ3n) is 3.15. The maximum absolute atomic E-state index is 3.93. The number of hydrogen-bond donors (Lipinski definition) is 0. The van der Waals surface area contributed by atoms with Gasteiger partial charge < -0.3 is 4.90 Å². The van der Waals surface area contributed by atoms with Gasteiger partial charge in [0.15, 0.2) is 0 Å². The molecule has 0 amide bonds. The quantitative estimate of drug-likeness (QED) is 0.463. The minimum absolute atomic E-state index is 0.805. The molecule has 0 rings (SSSR count). The Labute approximate surface area is 136 Å². The molecule has 0 saturated heterocycles. The third kappa shape index (κ3) is 6.94. The summed E-state index contributed by atoms with van der Waals surface area (Å²) in [4.78, 5) is 2.29. The highest BCUT2D eigenvalue weighted by Crippen LogP contribution is 2.16. The Balaban J connectivity index is 5.65. The van der Waals surface area contributed by atoms with Crippen LogP contribution < -0.4 is 0 Å². The number of allylic oxidation sites excluding steroid dienone is 10. The van der Waals surface area contributed by atoms with Crippen molar-refractivity contribution in [2.24, 2.45) is 0 Å². The minimum atomic E-state index is 0.805. The first-order valence-electron chi connectivity index (χ1n) is 7.66. The largest absolute Gasteiger partial charge is 0.367 e. The fourth-order valence-corrected chi connectivity index (χ4v) is 2.01. The second-order valence-corrected chi connectivity index (χ2v) is 4.62. The Bertz CT molecular complexity index is 510. The highest BCUT2D eigenvalue weighted by Gasteiger charge is 2.07. The maximum Gasteiger partial charge on any atom is 0.0435 e. The summed E-state index contributed by atoms with van der Waals surface area (Å²) in [5, 5.41) is 0. The van der Waals surface area contributed by atoms with Crippen molar-refractivity contribution in [3.63, 3.8) is 0 Å². The standard InChI is InChI=1S/C21H29N/c1-7-13-16-19(10-4)20(15-9-3)18-22(12-6)21(11-5)17-14-8-2/h7-11,13-17H,1,4-5,12,18H2,2-3,6H3/b14-8-,15-9-,16-13-,20-19-,21-17+. The maximum atomic E-state index is 3.93. The highest BCUT2D eigenvalue weighted by molar-refractivity contribution is 5.42. The van der Waals surface area contributed by atoms with E-state index in [4.69, 9.17) is 0 Å². The Morgan fingerprint density at radius 1 is 0.955 bits per heavy atom. The molecule has 118 valence electrons. The minimum Gasteiger partial charge on any atom is -0.367 e. The van der Waals surface area contributed by atoms with Gasteiger partial charge in [0, 0.05) is 18.8 Å². The van der Waals surface area contributed by atoms with Gasteiger partial charge in [-0.2, -0.15) is 0 Å². The molecular weight excluding hydrogens is 266 g/mol. The molecule has 0 N–H and O–H groups in total. The molecule has 0 aliphatic heterocycles. The van der Waals surface area contributed by atoms with Gasteiger partial charge in [0.25, 0.3) is 0 Å². The molecule has 0 fully saturated rings. The number of nitrogens with zero attached hydrogens (tertiary/aromatic N) is 1. The van der Waals surface area contributed by atoms with Crippen molar-refractivity contribution >= 4 is 0 Å². The van der Waals surface area contributed by atoms with Crippen LogP contribution in [0.3, 0.4) is 0 Å². The molecule has 0 heterocycles. The van der Waals surface area contributed by atoms with Gasteiger partial charge in [-0.25, -0.2) is 0 Å². The Morgan fingerprint density at radius 3 is 2.14 bits per heavy atom. The van der Waals surface area contributed by atoms with Crippen LogP contribution in [0.4, 0.5) is 0 Å². The predicted octanol–water partition coefficient (Wildman–Crippen LogP) is 5.76. The fourth-order valence-electron chi connectivity index (χ4n) is 2.01. The summed E-state index contributed by atoms with van der Waals surface area (Å²) < 4.78 is 0. The van der Waals surface area contributed by atoms with Crippen LogP contribution in [0.2, 0.25) is 0 Å². The zero-order valence-corrected chi connectivity index (χ0v) is 14.3. The first-order valence-corrected chi connectivity index (χ1v) is 7.66. The molecular formula is C21H29N. The van der Waals surface area contributed by atoms with E-state index in [-0.39, 0.29) is 0 Å². The zero-order chi connectivity index (χ0) is 16.8. The van der Waals surface area contributed by atoms with Crippen molar-refractivity contribution in [2.75, 3.05) is 13.1 Å². The van der Waals surface area contributed by atoms with Crippen LogP contribution in [-0.4, -0.2) is 18.0 Å². The summed E-state index contributed by atoms with van der Waals surface area (Å²) in [6.45, 7) is 19.5. The zero-order valence-electron chi connectivity index (χ0n) is 14.3. The lowest BCUT2D eigenvalue weighted by Crippen LogP contribution is -2.24. The lowest BCUT2D eigenvalue weighted by atomic mass is 10.1.